The topological polar surface area (TPSA) is 44.1 Å². The largest absolute Gasteiger partial charge is 0.417 e. The summed E-state index contributed by atoms with van der Waals surface area (Å²) in [5.41, 5.74) is -1.40. The number of carbonyl (C=O) groups is 1. The summed E-state index contributed by atoms with van der Waals surface area (Å²) < 4.78 is 37.9. The minimum atomic E-state index is -4.61. The molecule has 0 radical (unpaired) electrons. The molecule has 1 rings (SSSR count). The Balaban J connectivity index is 3.34. The first-order chi connectivity index (χ1) is 7.77. The number of hydrogen-bond donors (Lipinski definition) is 0. The Morgan fingerprint density at radius 3 is 2.41 bits per heavy atom. The lowest BCUT2D eigenvalue weighted by molar-refractivity contribution is -0.137. The Morgan fingerprint density at radius 1 is 1.41 bits per heavy atom. The van der Waals surface area contributed by atoms with Crippen molar-refractivity contribution in [3.63, 3.8) is 0 Å². The van der Waals surface area contributed by atoms with Crippen molar-refractivity contribution < 1.29 is 18.0 Å². The predicted molar refractivity (Wildman–Crippen MR) is 55.2 cm³/mol. The minimum Gasteiger partial charge on any atom is -0.316 e. The molecule has 90 valence electrons. The Kier molecular flexibility index (Phi) is 3.42. The van der Waals surface area contributed by atoms with E-state index in [4.69, 9.17) is 5.26 Å². The van der Waals surface area contributed by atoms with Gasteiger partial charge in [-0.1, -0.05) is 0 Å². The maximum atomic E-state index is 12.6. The number of benzene rings is 1. The zero-order valence-electron chi connectivity index (χ0n) is 9.17. The first-order valence-electron chi connectivity index (χ1n) is 4.63. The fourth-order valence-electron chi connectivity index (χ4n) is 1.25. The van der Waals surface area contributed by atoms with Gasteiger partial charge in [-0.25, -0.2) is 0 Å². The zero-order valence-corrected chi connectivity index (χ0v) is 9.17. The van der Waals surface area contributed by atoms with E-state index in [1.165, 1.54) is 26.1 Å². The van der Waals surface area contributed by atoms with E-state index >= 15 is 0 Å². The van der Waals surface area contributed by atoms with Crippen molar-refractivity contribution in [1.29, 1.82) is 5.26 Å². The molecule has 0 aliphatic carbocycles. The minimum absolute atomic E-state index is 0.101. The van der Waals surface area contributed by atoms with Gasteiger partial charge in [0.15, 0.2) is 0 Å². The molecule has 0 bridgehead atoms. The molecule has 0 heterocycles. The predicted octanol–water partition coefficient (Wildman–Crippen LogP) is 2.56. The highest BCUT2D eigenvalue weighted by molar-refractivity contribution is 5.91. The summed E-state index contributed by atoms with van der Waals surface area (Å²) in [6.45, 7) is 1.24. The van der Waals surface area contributed by atoms with Crippen LogP contribution in [0.4, 0.5) is 18.9 Å². The summed E-state index contributed by atoms with van der Waals surface area (Å²) in [6.07, 6.45) is -4.61. The first kappa shape index (κ1) is 13.0. The van der Waals surface area contributed by atoms with Crippen molar-refractivity contribution >= 4 is 11.6 Å². The van der Waals surface area contributed by atoms with Crippen molar-refractivity contribution in [1.82, 2.24) is 0 Å². The normalized spacial score (nSPS) is 10.8. The van der Waals surface area contributed by atoms with Crippen molar-refractivity contribution in [3.8, 4) is 6.07 Å². The summed E-state index contributed by atoms with van der Waals surface area (Å²) in [4.78, 5) is 12.1. The molecule has 17 heavy (non-hydrogen) atoms. The summed E-state index contributed by atoms with van der Waals surface area (Å²) in [5.74, 6) is -0.386. The van der Waals surface area contributed by atoms with Gasteiger partial charge in [0.1, 0.15) is 0 Å². The van der Waals surface area contributed by atoms with Crippen LogP contribution in [0.25, 0.3) is 0 Å². The van der Waals surface area contributed by atoms with Crippen molar-refractivity contribution in [3.05, 3.63) is 29.3 Å². The number of amides is 1. The lowest BCUT2D eigenvalue weighted by atomic mass is 10.1. The number of rotatable bonds is 1. The highest BCUT2D eigenvalue weighted by Gasteiger charge is 2.34. The number of nitriles is 1. The molecule has 1 aromatic rings. The molecule has 0 unspecified atom stereocenters. The number of hydrogen-bond acceptors (Lipinski definition) is 2. The van der Waals surface area contributed by atoms with Crippen molar-refractivity contribution in [2.24, 2.45) is 0 Å². The monoisotopic (exact) mass is 242 g/mol. The Bertz CT molecular complexity index is 488. The smallest absolute Gasteiger partial charge is 0.316 e. The Morgan fingerprint density at radius 2 is 2.00 bits per heavy atom. The van der Waals surface area contributed by atoms with Gasteiger partial charge in [0, 0.05) is 19.7 Å². The van der Waals surface area contributed by atoms with E-state index in [9.17, 15) is 18.0 Å². The molecule has 0 saturated heterocycles. The second kappa shape index (κ2) is 4.45. The van der Waals surface area contributed by atoms with Crippen molar-refractivity contribution in [2.45, 2.75) is 13.1 Å². The van der Waals surface area contributed by atoms with Gasteiger partial charge < -0.3 is 4.90 Å². The van der Waals surface area contributed by atoms with Gasteiger partial charge in [0.2, 0.25) is 5.91 Å². The third kappa shape index (κ3) is 2.75. The average molecular weight is 242 g/mol. The van der Waals surface area contributed by atoms with Crippen LogP contribution in [0, 0.1) is 11.3 Å². The van der Waals surface area contributed by atoms with E-state index in [1.54, 1.807) is 0 Å². The Labute approximate surface area is 96.1 Å². The second-order valence-electron chi connectivity index (χ2n) is 3.42. The number of alkyl halides is 3. The third-order valence-corrected chi connectivity index (χ3v) is 2.29. The maximum absolute atomic E-state index is 12.6. The van der Waals surface area contributed by atoms with Crippen LogP contribution in [0.2, 0.25) is 0 Å². The lowest BCUT2D eigenvalue weighted by Gasteiger charge is -2.17. The molecular formula is C11H9F3N2O. The zero-order chi connectivity index (χ0) is 13.2. The first-order valence-corrected chi connectivity index (χ1v) is 4.63. The average Bonchev–Trinajstić information content (AvgIpc) is 2.25. The number of nitrogens with zero attached hydrogens (tertiary/aromatic N) is 2. The highest BCUT2D eigenvalue weighted by Crippen LogP contribution is 2.34. The van der Waals surface area contributed by atoms with Crippen LogP contribution in [0.3, 0.4) is 0 Å². The standard InChI is InChI=1S/C11H9F3N2O/c1-7(17)16(2)9-4-3-8(6-15)10(5-9)11(12,13)14/h3-5H,1-2H3. The van der Waals surface area contributed by atoms with Crippen molar-refractivity contribution in [2.75, 3.05) is 11.9 Å². The van der Waals surface area contributed by atoms with Gasteiger partial charge in [-0.15, -0.1) is 0 Å². The van der Waals surface area contributed by atoms with Crippen LogP contribution in [0.5, 0.6) is 0 Å². The molecule has 0 spiro atoms. The molecule has 0 aliphatic heterocycles. The van der Waals surface area contributed by atoms with Gasteiger partial charge in [-0.05, 0) is 18.2 Å². The van der Waals surface area contributed by atoms with E-state index in [2.05, 4.69) is 0 Å². The summed E-state index contributed by atoms with van der Waals surface area (Å²) in [7, 11) is 1.36. The van der Waals surface area contributed by atoms with Gasteiger partial charge in [0.25, 0.3) is 0 Å². The summed E-state index contributed by atoms with van der Waals surface area (Å²) in [6, 6.07) is 4.62. The second-order valence-corrected chi connectivity index (χ2v) is 3.42. The molecule has 0 saturated carbocycles. The quantitative estimate of drug-likeness (QED) is 0.759. The summed E-state index contributed by atoms with van der Waals surface area (Å²) in [5, 5.41) is 8.59. The molecule has 1 amide bonds. The number of halogens is 3. The molecule has 0 fully saturated rings. The molecule has 0 N–H and O–H groups in total. The molecule has 0 atom stereocenters. The lowest BCUT2D eigenvalue weighted by Crippen LogP contribution is -2.23. The van der Waals surface area contributed by atoms with Crippen LogP contribution in [-0.2, 0) is 11.0 Å². The molecule has 0 aromatic heterocycles. The highest BCUT2D eigenvalue weighted by atomic mass is 19.4. The molecule has 1 aromatic carbocycles. The number of carbonyl (C=O) groups excluding carboxylic acids is 1. The van der Waals surface area contributed by atoms with E-state index in [-0.39, 0.29) is 11.6 Å². The molecule has 0 aliphatic rings. The van der Waals surface area contributed by atoms with Crippen LogP contribution in [0.1, 0.15) is 18.1 Å². The van der Waals surface area contributed by atoms with E-state index in [0.717, 1.165) is 17.0 Å². The maximum Gasteiger partial charge on any atom is 0.417 e. The molecule has 3 nitrogen and oxygen atoms in total. The van der Waals surface area contributed by atoms with Gasteiger partial charge in [0.05, 0.1) is 17.2 Å². The van der Waals surface area contributed by atoms with E-state index < -0.39 is 17.3 Å². The van der Waals surface area contributed by atoms with E-state index in [1.807, 2.05) is 0 Å². The SMILES string of the molecule is CC(=O)N(C)c1ccc(C#N)c(C(F)(F)F)c1. The van der Waals surface area contributed by atoms with Crippen LogP contribution in [-0.4, -0.2) is 13.0 Å². The van der Waals surface area contributed by atoms with Crippen LogP contribution < -0.4 is 4.90 Å². The number of anilines is 1. The molecular weight excluding hydrogens is 233 g/mol. The van der Waals surface area contributed by atoms with Gasteiger partial charge >= 0.3 is 6.18 Å². The van der Waals surface area contributed by atoms with Crippen LogP contribution in [0.15, 0.2) is 18.2 Å². The van der Waals surface area contributed by atoms with Gasteiger partial charge in [-0.3, -0.25) is 4.79 Å². The fraction of sp³-hybridized carbons (Fsp3) is 0.273. The van der Waals surface area contributed by atoms with E-state index in [0.29, 0.717) is 0 Å². The van der Waals surface area contributed by atoms with Crippen LogP contribution >= 0.6 is 0 Å². The fourth-order valence-corrected chi connectivity index (χ4v) is 1.25. The third-order valence-electron chi connectivity index (χ3n) is 2.29. The summed E-state index contributed by atoms with van der Waals surface area (Å²) >= 11 is 0. The Hall–Kier alpha value is -2.03. The van der Waals surface area contributed by atoms with Gasteiger partial charge in [-0.2, -0.15) is 18.4 Å². The molecule has 6 heteroatoms.